The Balaban J connectivity index is 1.43. The first-order valence-corrected chi connectivity index (χ1v) is 8.52. The van der Waals surface area contributed by atoms with Gasteiger partial charge in [-0.15, -0.1) is 10.2 Å². The van der Waals surface area contributed by atoms with Crippen LogP contribution in [0.4, 0.5) is 14.6 Å². The van der Waals surface area contributed by atoms with Crippen LogP contribution in [0.25, 0.3) is 11.9 Å². The number of carbonyl (C=O) groups excluding carboxylic acids is 1. The standard InChI is InChI=1S/C19H18F2N6O/c1-13-8-11-27(26-13)18-6-5-17(24-25-18)22-9-10-23-19(28)7-2-14-12-15(20)3-4-16(14)21/h2-8,11-12H,9-10H2,1H3,(H,22,24)(H,23,28)/b7-2+. The van der Waals surface area contributed by atoms with Gasteiger partial charge in [0.15, 0.2) is 5.82 Å². The molecule has 0 aliphatic rings. The van der Waals surface area contributed by atoms with Crippen LogP contribution in [0.5, 0.6) is 0 Å². The maximum atomic E-state index is 13.5. The Morgan fingerprint density at radius 1 is 1.14 bits per heavy atom. The highest BCUT2D eigenvalue weighted by molar-refractivity contribution is 5.91. The van der Waals surface area contributed by atoms with E-state index >= 15 is 0 Å². The van der Waals surface area contributed by atoms with Gasteiger partial charge in [-0.1, -0.05) is 0 Å². The summed E-state index contributed by atoms with van der Waals surface area (Å²) in [5, 5.41) is 18.0. The summed E-state index contributed by atoms with van der Waals surface area (Å²) in [6, 6.07) is 8.45. The van der Waals surface area contributed by atoms with Crippen molar-refractivity contribution in [2.75, 3.05) is 18.4 Å². The predicted octanol–water partition coefficient (Wildman–Crippen LogP) is 2.49. The molecule has 2 heterocycles. The van der Waals surface area contributed by atoms with E-state index in [1.54, 1.807) is 23.0 Å². The van der Waals surface area contributed by atoms with Crippen molar-refractivity contribution >= 4 is 17.8 Å². The lowest BCUT2D eigenvalue weighted by Gasteiger charge is -2.06. The minimum absolute atomic E-state index is 0.0102. The van der Waals surface area contributed by atoms with Crippen LogP contribution in [-0.4, -0.2) is 39.0 Å². The fraction of sp³-hybridized carbons (Fsp3) is 0.158. The average molecular weight is 384 g/mol. The van der Waals surface area contributed by atoms with Crippen LogP contribution in [0.1, 0.15) is 11.3 Å². The van der Waals surface area contributed by atoms with E-state index in [1.165, 1.54) is 6.08 Å². The van der Waals surface area contributed by atoms with E-state index < -0.39 is 17.5 Å². The number of rotatable bonds is 7. The molecule has 1 aromatic carbocycles. The van der Waals surface area contributed by atoms with Crippen LogP contribution in [0.2, 0.25) is 0 Å². The Morgan fingerprint density at radius 3 is 2.71 bits per heavy atom. The first kappa shape index (κ1) is 19.2. The van der Waals surface area contributed by atoms with Crippen molar-refractivity contribution in [3.05, 3.63) is 71.6 Å². The van der Waals surface area contributed by atoms with Crippen LogP contribution in [0, 0.1) is 18.6 Å². The fourth-order valence-corrected chi connectivity index (χ4v) is 2.33. The predicted molar refractivity (Wildman–Crippen MR) is 101 cm³/mol. The summed E-state index contributed by atoms with van der Waals surface area (Å²) in [6.45, 7) is 2.62. The minimum Gasteiger partial charge on any atom is -0.367 e. The Morgan fingerprint density at radius 2 is 2.00 bits per heavy atom. The molecule has 0 saturated carbocycles. The zero-order chi connectivity index (χ0) is 19.9. The molecule has 28 heavy (non-hydrogen) atoms. The van der Waals surface area contributed by atoms with Gasteiger partial charge in [0.05, 0.1) is 5.69 Å². The second-order valence-electron chi connectivity index (χ2n) is 5.90. The van der Waals surface area contributed by atoms with Gasteiger partial charge >= 0.3 is 0 Å². The number of nitrogens with zero attached hydrogens (tertiary/aromatic N) is 4. The highest BCUT2D eigenvalue weighted by atomic mass is 19.1. The number of halogens is 2. The molecule has 0 atom stereocenters. The Kier molecular flexibility index (Phi) is 6.05. The fourth-order valence-electron chi connectivity index (χ4n) is 2.33. The summed E-state index contributed by atoms with van der Waals surface area (Å²) >= 11 is 0. The molecule has 3 rings (SSSR count). The second kappa shape index (κ2) is 8.85. The molecule has 0 aliphatic carbocycles. The third-order valence-corrected chi connectivity index (χ3v) is 3.71. The topological polar surface area (TPSA) is 84.7 Å². The lowest BCUT2D eigenvalue weighted by atomic mass is 10.2. The molecule has 144 valence electrons. The lowest BCUT2D eigenvalue weighted by molar-refractivity contribution is -0.116. The van der Waals surface area contributed by atoms with Crippen molar-refractivity contribution in [3.8, 4) is 5.82 Å². The number of benzene rings is 1. The van der Waals surface area contributed by atoms with Gasteiger partial charge < -0.3 is 10.6 Å². The zero-order valence-electron chi connectivity index (χ0n) is 15.1. The molecule has 0 spiro atoms. The van der Waals surface area contributed by atoms with Gasteiger partial charge in [-0.2, -0.15) is 5.10 Å². The lowest BCUT2D eigenvalue weighted by Crippen LogP contribution is -2.27. The van der Waals surface area contributed by atoms with Gasteiger partial charge in [-0.3, -0.25) is 4.79 Å². The van der Waals surface area contributed by atoms with Crippen LogP contribution in [-0.2, 0) is 4.79 Å². The number of carbonyl (C=O) groups is 1. The van der Waals surface area contributed by atoms with Crippen LogP contribution in [0.3, 0.4) is 0 Å². The smallest absolute Gasteiger partial charge is 0.244 e. The molecule has 3 aromatic rings. The van der Waals surface area contributed by atoms with E-state index in [4.69, 9.17) is 0 Å². The second-order valence-corrected chi connectivity index (χ2v) is 5.90. The maximum Gasteiger partial charge on any atom is 0.244 e. The molecule has 0 bridgehead atoms. The normalized spacial score (nSPS) is 11.0. The number of nitrogens with one attached hydrogen (secondary N) is 2. The first-order valence-electron chi connectivity index (χ1n) is 8.52. The monoisotopic (exact) mass is 384 g/mol. The molecule has 0 unspecified atom stereocenters. The molecule has 9 heteroatoms. The molecular formula is C19H18F2N6O. The number of hydrogen-bond donors (Lipinski definition) is 2. The SMILES string of the molecule is Cc1ccn(-c2ccc(NCCNC(=O)/C=C/c3cc(F)ccc3F)nn2)n1. The van der Waals surface area contributed by atoms with Crippen LogP contribution >= 0.6 is 0 Å². The van der Waals surface area contributed by atoms with Gasteiger partial charge in [0.25, 0.3) is 0 Å². The van der Waals surface area contributed by atoms with Crippen molar-refractivity contribution in [3.63, 3.8) is 0 Å². The van der Waals surface area contributed by atoms with E-state index in [0.717, 1.165) is 30.0 Å². The van der Waals surface area contributed by atoms with Gasteiger partial charge in [-0.05, 0) is 49.4 Å². The molecule has 1 amide bonds. The Bertz CT molecular complexity index is 984. The molecular weight excluding hydrogens is 366 g/mol. The van der Waals surface area contributed by atoms with E-state index in [9.17, 15) is 13.6 Å². The molecule has 0 fully saturated rings. The number of anilines is 1. The first-order chi connectivity index (χ1) is 13.5. The summed E-state index contributed by atoms with van der Waals surface area (Å²) in [6.07, 6.45) is 4.17. The van der Waals surface area contributed by atoms with Crippen LogP contribution in [0.15, 0.2) is 48.7 Å². The maximum absolute atomic E-state index is 13.5. The summed E-state index contributed by atoms with van der Waals surface area (Å²) in [5.41, 5.74) is 0.893. The van der Waals surface area contributed by atoms with Crippen molar-refractivity contribution in [2.24, 2.45) is 0 Å². The molecule has 0 saturated heterocycles. The quantitative estimate of drug-likeness (QED) is 0.483. The molecule has 0 aliphatic heterocycles. The zero-order valence-corrected chi connectivity index (χ0v) is 15.1. The average Bonchev–Trinajstić information content (AvgIpc) is 3.13. The Hall–Kier alpha value is -3.62. The van der Waals surface area contributed by atoms with Gasteiger partial charge in [0.2, 0.25) is 5.91 Å². The summed E-state index contributed by atoms with van der Waals surface area (Å²) in [5.74, 6) is -0.429. The van der Waals surface area contributed by atoms with Crippen molar-refractivity contribution in [1.29, 1.82) is 0 Å². The van der Waals surface area contributed by atoms with Gasteiger partial charge in [0.1, 0.15) is 17.5 Å². The summed E-state index contributed by atoms with van der Waals surface area (Å²) in [4.78, 5) is 11.7. The highest BCUT2D eigenvalue weighted by Gasteiger charge is 2.03. The third-order valence-electron chi connectivity index (χ3n) is 3.71. The van der Waals surface area contributed by atoms with Gasteiger partial charge in [0, 0.05) is 30.9 Å². The third kappa shape index (κ3) is 5.19. The number of amides is 1. The van der Waals surface area contributed by atoms with E-state index in [1.807, 2.05) is 13.0 Å². The number of aryl methyl sites for hydroxylation is 1. The van der Waals surface area contributed by atoms with Crippen LogP contribution < -0.4 is 10.6 Å². The van der Waals surface area contributed by atoms with Crippen molar-refractivity contribution < 1.29 is 13.6 Å². The highest BCUT2D eigenvalue weighted by Crippen LogP contribution is 2.11. The Labute approximate surface area is 160 Å². The molecule has 2 aromatic heterocycles. The van der Waals surface area contributed by atoms with Gasteiger partial charge in [-0.25, -0.2) is 13.5 Å². The van der Waals surface area contributed by atoms with E-state index in [0.29, 0.717) is 24.7 Å². The summed E-state index contributed by atoms with van der Waals surface area (Å²) < 4.78 is 28.2. The van der Waals surface area contributed by atoms with Crippen molar-refractivity contribution in [1.82, 2.24) is 25.3 Å². The molecule has 2 N–H and O–H groups in total. The van der Waals surface area contributed by atoms with E-state index in [2.05, 4.69) is 25.9 Å². The van der Waals surface area contributed by atoms with E-state index in [-0.39, 0.29) is 5.56 Å². The minimum atomic E-state index is -0.598. The number of aromatic nitrogens is 4. The molecule has 7 nitrogen and oxygen atoms in total. The van der Waals surface area contributed by atoms with Crippen molar-refractivity contribution in [2.45, 2.75) is 6.92 Å². The number of hydrogen-bond acceptors (Lipinski definition) is 5. The summed E-state index contributed by atoms with van der Waals surface area (Å²) in [7, 11) is 0. The molecule has 0 radical (unpaired) electrons. The largest absolute Gasteiger partial charge is 0.367 e.